The van der Waals surface area contributed by atoms with Crippen molar-refractivity contribution < 1.29 is 9.47 Å². The summed E-state index contributed by atoms with van der Waals surface area (Å²) < 4.78 is 11.7. The van der Waals surface area contributed by atoms with E-state index in [1.54, 1.807) is 0 Å². The third-order valence-electron chi connectivity index (χ3n) is 3.61. The van der Waals surface area contributed by atoms with E-state index in [4.69, 9.17) is 21.7 Å². The van der Waals surface area contributed by atoms with Crippen molar-refractivity contribution >= 4 is 33.3 Å². The van der Waals surface area contributed by atoms with Crippen LogP contribution in [0, 0.1) is 0 Å². The van der Waals surface area contributed by atoms with Gasteiger partial charge in [0.05, 0.1) is 6.04 Å². The van der Waals surface area contributed by atoms with E-state index < -0.39 is 0 Å². The van der Waals surface area contributed by atoms with E-state index in [1.807, 2.05) is 30.3 Å². The molecule has 0 fully saturated rings. The van der Waals surface area contributed by atoms with Crippen molar-refractivity contribution in [2.75, 3.05) is 6.79 Å². The molecule has 4 nitrogen and oxygen atoms in total. The van der Waals surface area contributed by atoms with Crippen LogP contribution in [0.4, 0.5) is 0 Å². The minimum absolute atomic E-state index is 0.139. The number of ether oxygens (including phenoxy) is 2. The highest BCUT2D eigenvalue weighted by Crippen LogP contribution is 2.32. The second kappa shape index (κ2) is 7.19. The van der Waals surface area contributed by atoms with Crippen molar-refractivity contribution in [3.63, 3.8) is 0 Å². The molecule has 2 aromatic rings. The van der Waals surface area contributed by atoms with E-state index in [1.165, 1.54) is 5.56 Å². The van der Waals surface area contributed by atoms with Gasteiger partial charge in [-0.05, 0) is 54.5 Å². The second-order valence-electron chi connectivity index (χ2n) is 5.29. The third-order valence-corrected chi connectivity index (χ3v) is 4.40. The summed E-state index contributed by atoms with van der Waals surface area (Å²) in [7, 11) is 0. The maximum absolute atomic E-state index is 5.38. The minimum atomic E-state index is 0.139. The predicted molar refractivity (Wildman–Crippen MR) is 97.7 cm³/mol. The molecule has 120 valence electrons. The lowest BCUT2D eigenvalue weighted by Crippen LogP contribution is -2.36. The molecule has 0 saturated heterocycles. The average Bonchev–Trinajstić information content (AvgIpc) is 3.01. The first-order chi connectivity index (χ1) is 11.1. The van der Waals surface area contributed by atoms with E-state index in [0.29, 0.717) is 11.7 Å². The number of fused-ring (bicyclic) bond motifs is 1. The van der Waals surface area contributed by atoms with Gasteiger partial charge in [-0.3, -0.25) is 0 Å². The van der Waals surface area contributed by atoms with Gasteiger partial charge in [-0.2, -0.15) is 0 Å². The molecule has 0 aromatic heterocycles. The molecule has 1 heterocycles. The van der Waals surface area contributed by atoms with Gasteiger partial charge in [0.15, 0.2) is 16.6 Å². The number of benzene rings is 2. The summed E-state index contributed by atoms with van der Waals surface area (Å²) in [5.41, 5.74) is 2.27. The fourth-order valence-corrected chi connectivity index (χ4v) is 2.83. The van der Waals surface area contributed by atoms with Gasteiger partial charge in [0.1, 0.15) is 0 Å². The summed E-state index contributed by atoms with van der Waals surface area (Å²) in [6, 6.07) is 14.2. The SMILES string of the molecule is C[C@H](NC(=S)NCc1ccc2c(c1)OCO2)c1ccc(Br)cc1. The lowest BCUT2D eigenvalue weighted by atomic mass is 10.1. The molecule has 6 heteroatoms. The molecule has 0 amide bonds. The molecule has 23 heavy (non-hydrogen) atoms. The first-order valence-electron chi connectivity index (χ1n) is 7.30. The molecule has 1 aliphatic heterocycles. The van der Waals surface area contributed by atoms with Crippen LogP contribution < -0.4 is 20.1 Å². The van der Waals surface area contributed by atoms with E-state index >= 15 is 0 Å². The first kappa shape index (κ1) is 16.1. The molecule has 1 atom stereocenters. The Balaban J connectivity index is 1.52. The highest BCUT2D eigenvalue weighted by molar-refractivity contribution is 9.10. The summed E-state index contributed by atoms with van der Waals surface area (Å²) in [5, 5.41) is 7.13. The van der Waals surface area contributed by atoms with E-state index in [9.17, 15) is 0 Å². The van der Waals surface area contributed by atoms with Crippen LogP contribution >= 0.6 is 28.1 Å². The van der Waals surface area contributed by atoms with Gasteiger partial charge in [-0.15, -0.1) is 0 Å². The fourth-order valence-electron chi connectivity index (χ4n) is 2.32. The van der Waals surface area contributed by atoms with Crippen LogP contribution in [0.15, 0.2) is 46.9 Å². The Kier molecular flexibility index (Phi) is 5.03. The predicted octanol–water partition coefficient (Wildman–Crippen LogP) is 3.90. The van der Waals surface area contributed by atoms with E-state index in [0.717, 1.165) is 21.5 Å². The fraction of sp³-hybridized carbons (Fsp3) is 0.235. The van der Waals surface area contributed by atoms with Gasteiger partial charge in [0.2, 0.25) is 6.79 Å². The topological polar surface area (TPSA) is 42.5 Å². The summed E-state index contributed by atoms with van der Waals surface area (Å²) >= 11 is 8.81. The van der Waals surface area contributed by atoms with Gasteiger partial charge in [0, 0.05) is 11.0 Å². The lowest BCUT2D eigenvalue weighted by molar-refractivity contribution is 0.174. The maximum atomic E-state index is 5.38. The molecule has 3 rings (SSSR count). The molecule has 0 radical (unpaired) electrons. The number of nitrogens with one attached hydrogen (secondary N) is 2. The van der Waals surface area contributed by atoms with Crippen LogP contribution in [0.1, 0.15) is 24.1 Å². The van der Waals surface area contributed by atoms with Gasteiger partial charge in [-0.1, -0.05) is 34.1 Å². The molecule has 0 saturated carbocycles. The number of thiocarbonyl (C=S) groups is 1. The van der Waals surface area contributed by atoms with Crippen molar-refractivity contribution in [1.29, 1.82) is 0 Å². The van der Waals surface area contributed by atoms with Crippen molar-refractivity contribution in [2.24, 2.45) is 0 Å². The van der Waals surface area contributed by atoms with Crippen molar-refractivity contribution in [3.8, 4) is 11.5 Å². The maximum Gasteiger partial charge on any atom is 0.231 e. The molecule has 0 unspecified atom stereocenters. The smallest absolute Gasteiger partial charge is 0.231 e. The average molecular weight is 393 g/mol. The van der Waals surface area contributed by atoms with Crippen LogP contribution in [-0.2, 0) is 6.54 Å². The molecular formula is C17H17BrN2O2S. The zero-order chi connectivity index (χ0) is 16.2. The van der Waals surface area contributed by atoms with E-state index in [-0.39, 0.29) is 12.8 Å². The molecule has 0 bridgehead atoms. The largest absolute Gasteiger partial charge is 0.454 e. The Morgan fingerprint density at radius 1 is 1.17 bits per heavy atom. The highest BCUT2D eigenvalue weighted by atomic mass is 79.9. The van der Waals surface area contributed by atoms with Crippen molar-refractivity contribution in [1.82, 2.24) is 10.6 Å². The zero-order valence-corrected chi connectivity index (χ0v) is 15.0. The number of hydrogen-bond acceptors (Lipinski definition) is 3. The van der Waals surface area contributed by atoms with E-state index in [2.05, 4.69) is 45.6 Å². The zero-order valence-electron chi connectivity index (χ0n) is 12.6. The monoisotopic (exact) mass is 392 g/mol. The van der Waals surface area contributed by atoms with Crippen LogP contribution in [0.2, 0.25) is 0 Å². The molecule has 2 aromatic carbocycles. The Labute approximate surface area is 149 Å². The van der Waals surface area contributed by atoms with Gasteiger partial charge >= 0.3 is 0 Å². The Morgan fingerprint density at radius 3 is 2.70 bits per heavy atom. The quantitative estimate of drug-likeness (QED) is 0.772. The summed E-state index contributed by atoms with van der Waals surface area (Å²) in [6.45, 7) is 3.00. The van der Waals surface area contributed by atoms with Crippen LogP contribution in [0.3, 0.4) is 0 Å². The molecule has 0 aliphatic carbocycles. The second-order valence-corrected chi connectivity index (χ2v) is 6.61. The number of halogens is 1. The minimum Gasteiger partial charge on any atom is -0.454 e. The third kappa shape index (κ3) is 4.14. The Bertz CT molecular complexity index is 706. The van der Waals surface area contributed by atoms with Crippen molar-refractivity contribution in [2.45, 2.75) is 19.5 Å². The lowest BCUT2D eigenvalue weighted by Gasteiger charge is -2.17. The molecule has 2 N–H and O–H groups in total. The Hall–Kier alpha value is -1.79. The Morgan fingerprint density at radius 2 is 1.91 bits per heavy atom. The number of rotatable bonds is 4. The van der Waals surface area contributed by atoms with Crippen LogP contribution in [-0.4, -0.2) is 11.9 Å². The van der Waals surface area contributed by atoms with Gasteiger partial charge in [0.25, 0.3) is 0 Å². The normalized spacial score (nSPS) is 13.5. The van der Waals surface area contributed by atoms with Crippen LogP contribution in [0.5, 0.6) is 11.5 Å². The van der Waals surface area contributed by atoms with Crippen LogP contribution in [0.25, 0.3) is 0 Å². The summed E-state index contributed by atoms with van der Waals surface area (Å²) in [5.74, 6) is 1.57. The summed E-state index contributed by atoms with van der Waals surface area (Å²) in [6.07, 6.45) is 0. The van der Waals surface area contributed by atoms with Crippen molar-refractivity contribution in [3.05, 3.63) is 58.1 Å². The standard InChI is InChI=1S/C17H17BrN2O2S/c1-11(13-3-5-14(18)6-4-13)20-17(23)19-9-12-2-7-15-16(8-12)22-10-21-15/h2-8,11H,9-10H2,1H3,(H2,19,20,23)/t11-/m0/s1. The molecule has 1 aliphatic rings. The van der Waals surface area contributed by atoms with Gasteiger partial charge in [-0.25, -0.2) is 0 Å². The molecule has 0 spiro atoms. The first-order valence-corrected chi connectivity index (χ1v) is 8.50. The molecular weight excluding hydrogens is 376 g/mol. The summed E-state index contributed by atoms with van der Waals surface area (Å²) in [4.78, 5) is 0. The highest BCUT2D eigenvalue weighted by Gasteiger charge is 2.13. The van der Waals surface area contributed by atoms with Gasteiger partial charge < -0.3 is 20.1 Å². The number of hydrogen-bond donors (Lipinski definition) is 2.